The summed E-state index contributed by atoms with van der Waals surface area (Å²) in [6.45, 7) is 5.99. The molecule has 1 aliphatic carbocycles. The van der Waals surface area contributed by atoms with E-state index in [1.165, 1.54) is 12.8 Å². The molecule has 1 amide bonds. The van der Waals surface area contributed by atoms with E-state index in [1.807, 2.05) is 4.90 Å². The number of hydrogen-bond acceptors (Lipinski definition) is 4. The highest BCUT2D eigenvalue weighted by molar-refractivity contribution is 7.13. The molecule has 2 fully saturated rings. The second-order valence-electron chi connectivity index (χ2n) is 5.91. The number of nitrogens with zero attached hydrogens (tertiary/aromatic N) is 3. The Morgan fingerprint density at radius 1 is 1.32 bits per heavy atom. The normalized spacial score (nSPS) is 28.7. The highest BCUT2D eigenvalue weighted by atomic mass is 32.1. The second kappa shape index (κ2) is 4.87. The third-order valence-corrected chi connectivity index (χ3v) is 5.46. The zero-order valence-corrected chi connectivity index (χ0v) is 12.6. The maximum atomic E-state index is 12.5. The van der Waals surface area contributed by atoms with Crippen LogP contribution in [0.25, 0.3) is 0 Å². The standard InChI is InChI=1S/C14H21N3OS/c1-9-7-17(8-10(2)16(9)3)14(18)12-6-15-13(19-12)11-4-5-11/h6,9-11H,4-5,7-8H2,1-3H3/t9-,10+. The first-order valence-corrected chi connectivity index (χ1v) is 7.85. The lowest BCUT2D eigenvalue weighted by atomic mass is 10.1. The fourth-order valence-corrected chi connectivity index (χ4v) is 3.69. The Balaban J connectivity index is 1.72. The van der Waals surface area contributed by atoms with Crippen LogP contribution < -0.4 is 0 Å². The minimum atomic E-state index is 0.163. The molecule has 0 radical (unpaired) electrons. The van der Waals surface area contributed by atoms with Crippen LogP contribution in [0.5, 0.6) is 0 Å². The number of likely N-dealkylation sites (N-methyl/N-ethyl adjacent to an activating group) is 1. The summed E-state index contributed by atoms with van der Waals surface area (Å²) in [6.07, 6.45) is 4.25. The molecular weight excluding hydrogens is 258 g/mol. The summed E-state index contributed by atoms with van der Waals surface area (Å²) in [5.74, 6) is 0.799. The van der Waals surface area contributed by atoms with E-state index in [-0.39, 0.29) is 5.91 Å². The summed E-state index contributed by atoms with van der Waals surface area (Å²) in [7, 11) is 2.13. The topological polar surface area (TPSA) is 36.4 Å². The van der Waals surface area contributed by atoms with Crippen molar-refractivity contribution in [1.29, 1.82) is 0 Å². The summed E-state index contributed by atoms with van der Waals surface area (Å²) in [5.41, 5.74) is 0. The van der Waals surface area contributed by atoms with Gasteiger partial charge in [0, 0.05) is 31.1 Å². The number of hydrogen-bond donors (Lipinski definition) is 0. The number of amides is 1. The molecular formula is C14H21N3OS. The Hall–Kier alpha value is -0.940. The van der Waals surface area contributed by atoms with E-state index in [0.29, 0.717) is 18.0 Å². The molecule has 0 N–H and O–H groups in total. The van der Waals surface area contributed by atoms with Crippen molar-refractivity contribution in [2.45, 2.75) is 44.7 Å². The van der Waals surface area contributed by atoms with Gasteiger partial charge >= 0.3 is 0 Å². The van der Waals surface area contributed by atoms with Crippen molar-refractivity contribution in [3.63, 3.8) is 0 Å². The summed E-state index contributed by atoms with van der Waals surface area (Å²) >= 11 is 1.59. The largest absolute Gasteiger partial charge is 0.335 e. The molecule has 3 rings (SSSR count). The van der Waals surface area contributed by atoms with Gasteiger partial charge in [0.15, 0.2) is 0 Å². The Morgan fingerprint density at radius 3 is 2.53 bits per heavy atom. The van der Waals surface area contributed by atoms with Gasteiger partial charge in [0.05, 0.1) is 11.2 Å². The predicted molar refractivity (Wildman–Crippen MR) is 76.7 cm³/mol. The molecule has 0 spiro atoms. The molecule has 0 aromatic carbocycles. The zero-order chi connectivity index (χ0) is 13.6. The van der Waals surface area contributed by atoms with Crippen LogP contribution in [0.1, 0.15) is 47.3 Å². The van der Waals surface area contributed by atoms with Gasteiger partial charge in [0.25, 0.3) is 5.91 Å². The smallest absolute Gasteiger partial charge is 0.265 e. The quantitative estimate of drug-likeness (QED) is 0.832. The maximum Gasteiger partial charge on any atom is 0.265 e. The molecule has 2 heterocycles. The lowest BCUT2D eigenvalue weighted by Crippen LogP contribution is -2.56. The molecule has 2 aliphatic rings. The van der Waals surface area contributed by atoms with Crippen molar-refractivity contribution in [2.75, 3.05) is 20.1 Å². The highest BCUT2D eigenvalue weighted by Gasteiger charge is 2.32. The van der Waals surface area contributed by atoms with E-state index >= 15 is 0 Å². The van der Waals surface area contributed by atoms with Crippen molar-refractivity contribution < 1.29 is 4.79 Å². The van der Waals surface area contributed by atoms with E-state index in [2.05, 4.69) is 30.8 Å². The number of thiazole rings is 1. The van der Waals surface area contributed by atoms with Gasteiger partial charge in [-0.05, 0) is 33.7 Å². The van der Waals surface area contributed by atoms with Gasteiger partial charge in [0.1, 0.15) is 4.88 Å². The number of rotatable bonds is 2. The van der Waals surface area contributed by atoms with Gasteiger partial charge in [0.2, 0.25) is 0 Å². The van der Waals surface area contributed by atoms with Crippen LogP contribution in [0, 0.1) is 0 Å². The first kappa shape index (κ1) is 13.1. The first-order valence-electron chi connectivity index (χ1n) is 7.03. The highest BCUT2D eigenvalue weighted by Crippen LogP contribution is 2.41. The Morgan fingerprint density at radius 2 is 1.95 bits per heavy atom. The van der Waals surface area contributed by atoms with Crippen LogP contribution in [0.3, 0.4) is 0 Å². The van der Waals surface area contributed by atoms with Crippen molar-refractivity contribution in [3.8, 4) is 0 Å². The number of carbonyl (C=O) groups is 1. The van der Waals surface area contributed by atoms with Crippen LogP contribution in [0.4, 0.5) is 0 Å². The minimum absolute atomic E-state index is 0.163. The molecule has 5 heteroatoms. The zero-order valence-electron chi connectivity index (χ0n) is 11.8. The van der Waals surface area contributed by atoms with Crippen molar-refractivity contribution in [2.24, 2.45) is 0 Å². The molecule has 2 atom stereocenters. The SMILES string of the molecule is C[C@@H]1CN(C(=O)c2cnc(C3CC3)s2)C[C@H](C)N1C. The third kappa shape index (κ3) is 2.54. The molecule has 0 bridgehead atoms. The van der Waals surface area contributed by atoms with Gasteiger partial charge in [-0.25, -0.2) is 4.98 Å². The van der Waals surface area contributed by atoms with Gasteiger partial charge in [-0.2, -0.15) is 0 Å². The molecule has 4 nitrogen and oxygen atoms in total. The number of carbonyl (C=O) groups excluding carboxylic acids is 1. The van der Waals surface area contributed by atoms with E-state index in [4.69, 9.17) is 0 Å². The van der Waals surface area contributed by atoms with Crippen LogP contribution in [-0.4, -0.2) is 52.9 Å². The molecule has 1 aliphatic heterocycles. The van der Waals surface area contributed by atoms with Crippen LogP contribution in [0.2, 0.25) is 0 Å². The molecule has 1 aromatic rings. The average Bonchev–Trinajstić information content (AvgIpc) is 3.12. The Labute approximate surface area is 118 Å². The van der Waals surface area contributed by atoms with Crippen molar-refractivity contribution >= 4 is 17.2 Å². The summed E-state index contributed by atoms with van der Waals surface area (Å²) in [4.78, 5) is 22.1. The summed E-state index contributed by atoms with van der Waals surface area (Å²) < 4.78 is 0. The summed E-state index contributed by atoms with van der Waals surface area (Å²) in [5, 5.41) is 1.15. The molecule has 1 saturated heterocycles. The van der Waals surface area contributed by atoms with Crippen molar-refractivity contribution in [3.05, 3.63) is 16.1 Å². The fourth-order valence-electron chi connectivity index (χ4n) is 2.63. The monoisotopic (exact) mass is 279 g/mol. The molecule has 0 unspecified atom stereocenters. The Bertz CT molecular complexity index is 471. The number of piperazine rings is 1. The van der Waals surface area contributed by atoms with Crippen LogP contribution >= 0.6 is 11.3 Å². The van der Waals surface area contributed by atoms with E-state index in [9.17, 15) is 4.79 Å². The van der Waals surface area contributed by atoms with Gasteiger partial charge in [-0.3, -0.25) is 9.69 Å². The van der Waals surface area contributed by atoms with Crippen LogP contribution in [0.15, 0.2) is 6.20 Å². The lowest BCUT2D eigenvalue weighted by molar-refractivity contribution is 0.0418. The van der Waals surface area contributed by atoms with Crippen LogP contribution in [-0.2, 0) is 0 Å². The van der Waals surface area contributed by atoms with E-state index in [0.717, 1.165) is 23.0 Å². The molecule has 104 valence electrons. The molecule has 19 heavy (non-hydrogen) atoms. The van der Waals surface area contributed by atoms with Gasteiger partial charge < -0.3 is 4.90 Å². The minimum Gasteiger partial charge on any atom is -0.335 e. The average molecular weight is 279 g/mol. The third-order valence-electron chi connectivity index (χ3n) is 4.31. The van der Waals surface area contributed by atoms with Gasteiger partial charge in [-0.1, -0.05) is 0 Å². The summed E-state index contributed by atoms with van der Waals surface area (Å²) in [6, 6.07) is 0.840. The van der Waals surface area contributed by atoms with E-state index in [1.54, 1.807) is 17.5 Å². The van der Waals surface area contributed by atoms with Gasteiger partial charge in [-0.15, -0.1) is 11.3 Å². The Kier molecular flexibility index (Phi) is 3.35. The maximum absolute atomic E-state index is 12.5. The number of aromatic nitrogens is 1. The molecule has 1 aromatic heterocycles. The fraction of sp³-hybridized carbons (Fsp3) is 0.714. The molecule has 1 saturated carbocycles. The van der Waals surface area contributed by atoms with E-state index < -0.39 is 0 Å². The van der Waals surface area contributed by atoms with Crippen molar-refractivity contribution in [1.82, 2.24) is 14.8 Å². The predicted octanol–water partition coefficient (Wildman–Crippen LogP) is 2.19. The second-order valence-corrected chi connectivity index (χ2v) is 6.97. The first-order chi connectivity index (χ1) is 9.06. The lowest BCUT2D eigenvalue weighted by Gasteiger charge is -2.42.